The highest BCUT2D eigenvalue weighted by molar-refractivity contribution is 6.35. The molecule has 3 N–H and O–H groups in total. The number of amides is 4. The molecule has 12 nitrogen and oxygen atoms in total. The van der Waals surface area contributed by atoms with Crippen LogP contribution in [0, 0.1) is 11.3 Å². The molecule has 2 aromatic carbocycles. The minimum absolute atomic E-state index is 0.0985. The highest BCUT2D eigenvalue weighted by atomic mass is 35.5. The van der Waals surface area contributed by atoms with Crippen molar-refractivity contribution in [2.24, 2.45) is 0 Å². The monoisotopic (exact) mass is 722 g/mol. The van der Waals surface area contributed by atoms with Gasteiger partial charge in [0.2, 0.25) is 11.9 Å². The maximum Gasteiger partial charge on any atom is 0.270 e. The lowest BCUT2D eigenvalue weighted by Gasteiger charge is -2.27. The van der Waals surface area contributed by atoms with Gasteiger partial charge in [-0.05, 0) is 93.5 Å². The van der Waals surface area contributed by atoms with E-state index < -0.39 is 22.5 Å². The number of pyridine rings is 1. The third-order valence-electron chi connectivity index (χ3n) is 10.1. The lowest BCUT2D eigenvalue weighted by Crippen LogP contribution is -2.52. The van der Waals surface area contributed by atoms with Crippen molar-refractivity contribution >= 4 is 58.5 Å². The molecular formula is C37H32Cl2N8O4. The molecule has 0 bridgehead atoms. The zero-order chi connectivity index (χ0) is 35.7. The number of hydrogen-bond acceptors (Lipinski definition) is 7. The van der Waals surface area contributed by atoms with Crippen LogP contribution in [-0.2, 0) is 27.1 Å². The normalized spacial score (nSPS) is 20.6. The number of benzene rings is 2. The Bertz CT molecular complexity index is 2160. The van der Waals surface area contributed by atoms with Gasteiger partial charge in [0.05, 0.1) is 34.7 Å². The van der Waals surface area contributed by atoms with E-state index in [0.29, 0.717) is 58.2 Å². The molecule has 1 aliphatic heterocycles. The first-order valence-corrected chi connectivity index (χ1v) is 17.5. The van der Waals surface area contributed by atoms with Gasteiger partial charge in [-0.1, -0.05) is 35.3 Å². The minimum atomic E-state index is -1.33. The van der Waals surface area contributed by atoms with E-state index in [1.807, 2.05) is 0 Å². The average Bonchev–Trinajstić information content (AvgIpc) is 4.05. The van der Waals surface area contributed by atoms with Crippen LogP contribution in [0.3, 0.4) is 0 Å². The Balaban J connectivity index is 1.07. The van der Waals surface area contributed by atoms with Gasteiger partial charge in [-0.25, -0.2) is 9.88 Å². The molecule has 4 aromatic rings. The van der Waals surface area contributed by atoms with Crippen molar-refractivity contribution in [1.29, 1.82) is 5.26 Å². The molecule has 3 fully saturated rings. The van der Waals surface area contributed by atoms with Crippen LogP contribution in [0.15, 0.2) is 67.0 Å². The van der Waals surface area contributed by atoms with Gasteiger partial charge in [0.15, 0.2) is 0 Å². The standard InChI is InChI=1S/C37H32Cl2N8O4/c1-35(18-21-2-4-22(19-40)5-3-21)33(51)46(27-16-24(38)15-25(39)17-27)34-42-20-28(47(34)35)31(49)44-37(11-12-37)32(50)45-36(9-10-36)29-14-23(8-13-41-29)30(48)43-26-6-7-26/h2-5,8,13-17,20,26H,6-7,9-12,18H2,1H3,(H,43,48)(H,44,49)(H,45,50)/t35-/m1/s1. The maximum absolute atomic E-state index is 14.4. The Morgan fingerprint density at radius 1 is 0.941 bits per heavy atom. The van der Waals surface area contributed by atoms with Crippen molar-refractivity contribution in [1.82, 2.24) is 30.5 Å². The van der Waals surface area contributed by atoms with Crippen LogP contribution in [-0.4, -0.2) is 49.7 Å². The summed E-state index contributed by atoms with van der Waals surface area (Å²) in [4.78, 5) is 65.5. The van der Waals surface area contributed by atoms with Gasteiger partial charge in [0.1, 0.15) is 16.8 Å². The fourth-order valence-electron chi connectivity index (χ4n) is 6.78. The summed E-state index contributed by atoms with van der Waals surface area (Å²) in [6.07, 6.45) is 7.24. The van der Waals surface area contributed by atoms with Gasteiger partial charge < -0.3 is 16.0 Å². The number of imidazole rings is 1. The van der Waals surface area contributed by atoms with E-state index in [1.54, 1.807) is 72.3 Å². The molecule has 2 aromatic heterocycles. The van der Waals surface area contributed by atoms with Crippen molar-refractivity contribution in [2.75, 3.05) is 4.90 Å². The molecule has 4 aliphatic rings. The van der Waals surface area contributed by atoms with Crippen molar-refractivity contribution in [2.45, 2.75) is 74.5 Å². The van der Waals surface area contributed by atoms with E-state index >= 15 is 0 Å². The van der Waals surface area contributed by atoms with Crippen LogP contribution in [0.5, 0.6) is 0 Å². The van der Waals surface area contributed by atoms with E-state index in [0.717, 1.165) is 18.4 Å². The number of aromatic nitrogens is 3. The van der Waals surface area contributed by atoms with Crippen LogP contribution >= 0.6 is 23.2 Å². The average molecular weight is 724 g/mol. The van der Waals surface area contributed by atoms with Crippen molar-refractivity contribution in [3.63, 3.8) is 0 Å². The predicted molar refractivity (Wildman–Crippen MR) is 188 cm³/mol. The van der Waals surface area contributed by atoms with E-state index in [-0.39, 0.29) is 41.8 Å². The number of nitrogens with one attached hydrogen (secondary N) is 3. The Hall–Kier alpha value is -5.25. The molecule has 4 amide bonds. The Morgan fingerprint density at radius 3 is 2.27 bits per heavy atom. The number of nitriles is 1. The van der Waals surface area contributed by atoms with Crippen molar-refractivity contribution in [3.8, 4) is 6.07 Å². The molecule has 14 heteroatoms. The molecule has 1 atom stereocenters. The molecule has 51 heavy (non-hydrogen) atoms. The van der Waals surface area contributed by atoms with Gasteiger partial charge in [-0.3, -0.25) is 28.7 Å². The number of hydrogen-bond donors (Lipinski definition) is 3. The Morgan fingerprint density at radius 2 is 1.65 bits per heavy atom. The molecule has 0 radical (unpaired) electrons. The minimum Gasteiger partial charge on any atom is -0.349 e. The van der Waals surface area contributed by atoms with Crippen LogP contribution in [0.1, 0.15) is 83.1 Å². The third kappa shape index (κ3) is 5.90. The topological polar surface area (TPSA) is 162 Å². The number of carbonyl (C=O) groups excluding carboxylic acids is 4. The smallest absolute Gasteiger partial charge is 0.270 e. The second-order valence-electron chi connectivity index (χ2n) is 14.1. The molecule has 0 spiro atoms. The summed E-state index contributed by atoms with van der Waals surface area (Å²) in [6, 6.07) is 17.3. The van der Waals surface area contributed by atoms with Gasteiger partial charge in [-0.2, -0.15) is 5.26 Å². The number of rotatable bonds is 10. The zero-order valence-electron chi connectivity index (χ0n) is 27.5. The van der Waals surface area contributed by atoms with E-state index in [2.05, 4.69) is 32.0 Å². The molecular weight excluding hydrogens is 691 g/mol. The van der Waals surface area contributed by atoms with Gasteiger partial charge in [-0.15, -0.1) is 0 Å². The molecule has 258 valence electrons. The highest BCUT2D eigenvalue weighted by Crippen LogP contribution is 2.48. The second kappa shape index (κ2) is 11.9. The van der Waals surface area contributed by atoms with Gasteiger partial charge >= 0.3 is 0 Å². The van der Waals surface area contributed by atoms with E-state index in [9.17, 15) is 24.4 Å². The quantitative estimate of drug-likeness (QED) is 0.206. The molecule has 0 saturated heterocycles. The number of nitrogens with zero attached hydrogens (tertiary/aromatic N) is 5. The lowest BCUT2D eigenvalue weighted by molar-refractivity contribution is -0.125. The summed E-state index contributed by atoms with van der Waals surface area (Å²) in [5.74, 6) is -1.23. The van der Waals surface area contributed by atoms with Crippen molar-refractivity contribution < 1.29 is 19.2 Å². The summed E-state index contributed by atoms with van der Waals surface area (Å²) >= 11 is 12.7. The summed E-state index contributed by atoms with van der Waals surface area (Å²) < 4.78 is 1.59. The summed E-state index contributed by atoms with van der Waals surface area (Å²) in [6.45, 7) is 1.73. The summed E-state index contributed by atoms with van der Waals surface area (Å²) in [5, 5.41) is 19.0. The van der Waals surface area contributed by atoms with Crippen molar-refractivity contribution in [3.05, 3.63) is 105 Å². The molecule has 8 rings (SSSR count). The first kappa shape index (κ1) is 32.9. The van der Waals surface area contributed by atoms with E-state index in [1.165, 1.54) is 11.1 Å². The predicted octanol–water partition coefficient (Wildman–Crippen LogP) is 5.05. The SMILES string of the molecule is C[C@@]1(Cc2ccc(C#N)cc2)C(=O)N(c2cc(Cl)cc(Cl)c2)c2ncc(C(=O)NC3(C(=O)NC4(c5cc(C(=O)NC6CC6)ccn5)CC4)CC3)n21. The second-order valence-corrected chi connectivity index (χ2v) is 14.9. The van der Waals surface area contributed by atoms with Crippen LogP contribution < -0.4 is 20.9 Å². The van der Waals surface area contributed by atoms with Crippen LogP contribution in [0.4, 0.5) is 11.6 Å². The first-order valence-electron chi connectivity index (χ1n) is 16.7. The number of carbonyl (C=O) groups is 4. The number of fused-ring (bicyclic) bond motifs is 1. The first-order chi connectivity index (χ1) is 24.4. The summed E-state index contributed by atoms with van der Waals surface area (Å²) in [7, 11) is 0. The van der Waals surface area contributed by atoms with E-state index in [4.69, 9.17) is 23.2 Å². The van der Waals surface area contributed by atoms with Gasteiger partial charge in [0, 0.05) is 34.3 Å². The fourth-order valence-corrected chi connectivity index (χ4v) is 7.29. The third-order valence-corrected chi connectivity index (χ3v) is 10.6. The number of halogens is 2. The molecule has 0 unspecified atom stereocenters. The lowest BCUT2D eigenvalue weighted by atomic mass is 9.91. The molecule has 3 aliphatic carbocycles. The largest absolute Gasteiger partial charge is 0.349 e. The van der Waals surface area contributed by atoms with Crippen LogP contribution in [0.25, 0.3) is 0 Å². The molecule has 3 heterocycles. The Labute approximate surface area is 303 Å². The summed E-state index contributed by atoms with van der Waals surface area (Å²) in [5.41, 5.74) is -0.406. The zero-order valence-corrected chi connectivity index (χ0v) is 29.0. The molecule has 3 saturated carbocycles. The highest BCUT2D eigenvalue weighted by Gasteiger charge is 2.57. The van der Waals surface area contributed by atoms with Crippen LogP contribution in [0.2, 0.25) is 10.0 Å². The maximum atomic E-state index is 14.4. The fraction of sp³-hybridized carbons (Fsp3) is 0.324. The Kier molecular flexibility index (Phi) is 7.70. The van der Waals surface area contributed by atoms with Gasteiger partial charge in [0.25, 0.3) is 17.7 Å². The number of anilines is 2.